The van der Waals surface area contributed by atoms with Crippen molar-refractivity contribution in [1.29, 1.82) is 0 Å². The predicted molar refractivity (Wildman–Crippen MR) is 97.3 cm³/mol. The maximum atomic E-state index is 9.84. The first-order valence-electron chi connectivity index (χ1n) is 9.50. The van der Waals surface area contributed by atoms with Crippen LogP contribution in [-0.4, -0.2) is 48.9 Å². The molecular formula is C20H32N2O2. The molecule has 2 N–H and O–H groups in total. The average Bonchev–Trinajstić information content (AvgIpc) is 2.63. The van der Waals surface area contributed by atoms with E-state index in [9.17, 15) is 5.11 Å². The van der Waals surface area contributed by atoms with Crippen molar-refractivity contribution in [3.63, 3.8) is 0 Å². The molecule has 4 nitrogen and oxygen atoms in total. The molecule has 0 spiro atoms. The van der Waals surface area contributed by atoms with E-state index in [1.807, 2.05) is 6.07 Å². The molecule has 1 aromatic carbocycles. The van der Waals surface area contributed by atoms with Gasteiger partial charge in [-0.05, 0) is 75.2 Å². The Bertz CT molecular complexity index is 494. The summed E-state index contributed by atoms with van der Waals surface area (Å²) in [6.07, 6.45) is 6.66. The average molecular weight is 332 g/mol. The number of benzene rings is 1. The van der Waals surface area contributed by atoms with Crippen LogP contribution >= 0.6 is 0 Å². The standard InChI is InChI=1S/C20H32N2O2/c1-24-20-6-2-4-16(12-20)14-22(15-17-5-3-11-21-13-17)18-7-9-19(23)10-8-18/h2,4,6,12,17-19,21,23H,3,5,7-11,13-15H2,1H3. The van der Waals surface area contributed by atoms with Gasteiger partial charge in [-0.15, -0.1) is 0 Å². The normalized spacial score (nSPS) is 28.0. The van der Waals surface area contributed by atoms with E-state index < -0.39 is 0 Å². The van der Waals surface area contributed by atoms with E-state index in [1.165, 1.54) is 24.9 Å². The molecule has 4 heteroatoms. The van der Waals surface area contributed by atoms with Crippen LogP contribution in [0.5, 0.6) is 5.75 Å². The number of nitrogens with one attached hydrogen (secondary N) is 1. The molecule has 1 aliphatic carbocycles. The first-order chi connectivity index (χ1) is 11.7. The van der Waals surface area contributed by atoms with Gasteiger partial charge in [0.1, 0.15) is 5.75 Å². The van der Waals surface area contributed by atoms with Crippen molar-refractivity contribution in [2.24, 2.45) is 5.92 Å². The van der Waals surface area contributed by atoms with Crippen molar-refractivity contribution in [3.05, 3.63) is 29.8 Å². The second-order valence-corrected chi connectivity index (χ2v) is 7.46. The van der Waals surface area contributed by atoms with Crippen LogP contribution in [0.15, 0.2) is 24.3 Å². The summed E-state index contributed by atoms with van der Waals surface area (Å²) in [6, 6.07) is 9.05. The van der Waals surface area contributed by atoms with Crippen molar-refractivity contribution in [1.82, 2.24) is 10.2 Å². The summed E-state index contributed by atoms with van der Waals surface area (Å²) >= 11 is 0. The Morgan fingerprint density at radius 1 is 1.21 bits per heavy atom. The molecule has 0 aromatic heterocycles. The van der Waals surface area contributed by atoms with Gasteiger partial charge in [-0.1, -0.05) is 12.1 Å². The fraction of sp³-hybridized carbons (Fsp3) is 0.700. The van der Waals surface area contributed by atoms with Crippen LogP contribution in [0, 0.1) is 5.92 Å². The van der Waals surface area contributed by atoms with Crippen LogP contribution in [0.1, 0.15) is 44.1 Å². The molecule has 2 aliphatic rings. The van der Waals surface area contributed by atoms with E-state index in [0.29, 0.717) is 6.04 Å². The van der Waals surface area contributed by atoms with Crippen LogP contribution in [0.25, 0.3) is 0 Å². The van der Waals surface area contributed by atoms with Crippen molar-refractivity contribution < 1.29 is 9.84 Å². The van der Waals surface area contributed by atoms with Gasteiger partial charge in [0.25, 0.3) is 0 Å². The third-order valence-corrected chi connectivity index (χ3v) is 5.59. The number of rotatable bonds is 6. The molecule has 0 radical (unpaired) electrons. The minimum Gasteiger partial charge on any atom is -0.497 e. The zero-order valence-electron chi connectivity index (χ0n) is 14.9. The van der Waals surface area contributed by atoms with Crippen molar-refractivity contribution >= 4 is 0 Å². The van der Waals surface area contributed by atoms with Gasteiger partial charge in [-0.25, -0.2) is 0 Å². The van der Waals surface area contributed by atoms with Gasteiger partial charge in [0, 0.05) is 19.1 Å². The van der Waals surface area contributed by atoms with Gasteiger partial charge < -0.3 is 15.2 Å². The molecule has 3 rings (SSSR count). The van der Waals surface area contributed by atoms with Crippen LogP contribution in [0.4, 0.5) is 0 Å². The molecule has 1 saturated heterocycles. The molecule has 1 aromatic rings. The highest BCUT2D eigenvalue weighted by Crippen LogP contribution is 2.27. The number of hydrogen-bond donors (Lipinski definition) is 2. The van der Waals surface area contributed by atoms with Crippen molar-refractivity contribution in [2.45, 2.75) is 57.2 Å². The summed E-state index contributed by atoms with van der Waals surface area (Å²) in [6.45, 7) is 4.45. The van der Waals surface area contributed by atoms with Gasteiger partial charge in [-0.3, -0.25) is 4.90 Å². The third kappa shape index (κ3) is 4.95. The van der Waals surface area contributed by atoms with Crippen molar-refractivity contribution in [3.8, 4) is 5.75 Å². The number of nitrogens with zero attached hydrogens (tertiary/aromatic N) is 1. The lowest BCUT2D eigenvalue weighted by Gasteiger charge is -2.38. The molecule has 1 unspecified atom stereocenters. The minimum atomic E-state index is -0.0868. The Kier molecular flexibility index (Phi) is 6.52. The SMILES string of the molecule is COc1cccc(CN(CC2CCCNC2)C2CCC(O)CC2)c1. The number of ether oxygens (including phenoxy) is 1. The van der Waals surface area contributed by atoms with Gasteiger partial charge in [0.05, 0.1) is 13.2 Å². The highest BCUT2D eigenvalue weighted by molar-refractivity contribution is 5.28. The quantitative estimate of drug-likeness (QED) is 0.841. The second-order valence-electron chi connectivity index (χ2n) is 7.46. The summed E-state index contributed by atoms with van der Waals surface area (Å²) in [4.78, 5) is 2.66. The van der Waals surface area contributed by atoms with E-state index >= 15 is 0 Å². The maximum Gasteiger partial charge on any atom is 0.119 e. The lowest BCUT2D eigenvalue weighted by Crippen LogP contribution is -2.44. The van der Waals surface area contributed by atoms with Crippen LogP contribution in [0.2, 0.25) is 0 Å². The molecular weight excluding hydrogens is 300 g/mol. The second kappa shape index (κ2) is 8.84. The zero-order valence-corrected chi connectivity index (χ0v) is 14.9. The van der Waals surface area contributed by atoms with Gasteiger partial charge >= 0.3 is 0 Å². The monoisotopic (exact) mass is 332 g/mol. The summed E-state index contributed by atoms with van der Waals surface area (Å²) < 4.78 is 5.38. The fourth-order valence-corrected chi connectivity index (χ4v) is 4.18. The summed E-state index contributed by atoms with van der Waals surface area (Å²) in [5, 5.41) is 13.4. The first kappa shape index (κ1) is 17.7. The highest BCUT2D eigenvalue weighted by Gasteiger charge is 2.27. The Morgan fingerprint density at radius 3 is 2.75 bits per heavy atom. The zero-order chi connectivity index (χ0) is 16.8. The lowest BCUT2D eigenvalue weighted by atomic mass is 9.90. The molecule has 1 atom stereocenters. The van der Waals surface area contributed by atoms with Crippen LogP contribution in [-0.2, 0) is 6.54 Å². The molecule has 1 heterocycles. The molecule has 1 saturated carbocycles. The summed E-state index contributed by atoms with van der Waals surface area (Å²) in [5.41, 5.74) is 1.32. The van der Waals surface area contributed by atoms with Crippen LogP contribution < -0.4 is 10.1 Å². The minimum absolute atomic E-state index is 0.0868. The molecule has 134 valence electrons. The third-order valence-electron chi connectivity index (χ3n) is 5.59. The highest BCUT2D eigenvalue weighted by atomic mass is 16.5. The Morgan fingerprint density at radius 2 is 2.04 bits per heavy atom. The Hall–Kier alpha value is -1.10. The molecule has 0 amide bonds. The number of hydrogen-bond acceptors (Lipinski definition) is 4. The summed E-state index contributed by atoms with van der Waals surface area (Å²) in [7, 11) is 1.73. The van der Waals surface area contributed by atoms with E-state index in [0.717, 1.165) is 57.0 Å². The van der Waals surface area contributed by atoms with E-state index in [4.69, 9.17) is 4.74 Å². The maximum absolute atomic E-state index is 9.84. The van der Waals surface area contributed by atoms with E-state index in [1.54, 1.807) is 7.11 Å². The largest absolute Gasteiger partial charge is 0.497 e. The molecule has 2 fully saturated rings. The predicted octanol–water partition coefficient (Wildman–Crippen LogP) is 2.80. The molecule has 0 bridgehead atoms. The molecule has 24 heavy (non-hydrogen) atoms. The fourth-order valence-electron chi connectivity index (χ4n) is 4.18. The first-order valence-corrected chi connectivity index (χ1v) is 9.50. The van der Waals surface area contributed by atoms with Gasteiger partial charge in [-0.2, -0.15) is 0 Å². The number of aliphatic hydroxyl groups excluding tert-OH is 1. The number of aliphatic hydroxyl groups is 1. The number of methoxy groups -OCH3 is 1. The van der Waals surface area contributed by atoms with E-state index in [2.05, 4.69) is 28.4 Å². The topological polar surface area (TPSA) is 44.7 Å². The smallest absolute Gasteiger partial charge is 0.119 e. The lowest BCUT2D eigenvalue weighted by molar-refractivity contribution is 0.0597. The number of piperidine rings is 1. The van der Waals surface area contributed by atoms with E-state index in [-0.39, 0.29) is 6.10 Å². The van der Waals surface area contributed by atoms with Gasteiger partial charge in [0.15, 0.2) is 0 Å². The Labute approximate surface area is 146 Å². The molecule has 1 aliphatic heterocycles. The van der Waals surface area contributed by atoms with Crippen molar-refractivity contribution in [2.75, 3.05) is 26.7 Å². The summed E-state index contributed by atoms with van der Waals surface area (Å²) in [5.74, 6) is 1.68. The Balaban J connectivity index is 1.67. The van der Waals surface area contributed by atoms with Gasteiger partial charge in [0.2, 0.25) is 0 Å². The van der Waals surface area contributed by atoms with Crippen LogP contribution in [0.3, 0.4) is 0 Å².